The highest BCUT2D eigenvalue weighted by Gasteiger charge is 2.34. The van der Waals surface area contributed by atoms with Gasteiger partial charge < -0.3 is 15.3 Å². The van der Waals surface area contributed by atoms with Crippen LogP contribution in [-0.2, 0) is 4.79 Å². The summed E-state index contributed by atoms with van der Waals surface area (Å²) in [5, 5.41) is 12.3. The maximum atomic E-state index is 12.4. The number of nitrogens with one attached hydrogen (secondary N) is 1. The molecule has 2 N–H and O–H groups in total. The van der Waals surface area contributed by atoms with Gasteiger partial charge in [-0.25, -0.2) is 0 Å². The smallest absolute Gasteiger partial charge is 0.256 e. The Morgan fingerprint density at radius 2 is 2.21 bits per heavy atom. The number of carbonyl (C=O) groups excluding carboxylic acids is 2. The van der Waals surface area contributed by atoms with Gasteiger partial charge in [-0.1, -0.05) is 11.6 Å². The lowest BCUT2D eigenvalue weighted by atomic mass is 10.1. The van der Waals surface area contributed by atoms with Crippen LogP contribution in [0.4, 0.5) is 0 Å². The van der Waals surface area contributed by atoms with E-state index >= 15 is 0 Å². The van der Waals surface area contributed by atoms with Crippen LogP contribution in [0.1, 0.15) is 23.2 Å². The van der Waals surface area contributed by atoms with Gasteiger partial charge in [-0.2, -0.15) is 0 Å². The molecule has 1 heterocycles. The van der Waals surface area contributed by atoms with Gasteiger partial charge in [-0.15, -0.1) is 0 Å². The van der Waals surface area contributed by atoms with E-state index in [1.54, 1.807) is 7.05 Å². The third-order valence-corrected chi connectivity index (χ3v) is 3.57. The molecule has 2 rings (SSSR count). The summed E-state index contributed by atoms with van der Waals surface area (Å²) < 4.78 is 0. The van der Waals surface area contributed by atoms with Gasteiger partial charge in [-0.05, 0) is 31.0 Å². The van der Waals surface area contributed by atoms with Crippen molar-refractivity contribution in [3.05, 3.63) is 28.8 Å². The monoisotopic (exact) mass is 282 g/mol. The second-order valence-corrected chi connectivity index (χ2v) is 4.84. The maximum Gasteiger partial charge on any atom is 0.256 e. The van der Waals surface area contributed by atoms with Gasteiger partial charge in [0.25, 0.3) is 5.91 Å². The Morgan fingerprint density at radius 1 is 1.47 bits per heavy atom. The SMILES string of the molecule is CNC(=O)C1CCCN1C(=O)c1cc(O)ccc1Cl. The molecule has 0 spiro atoms. The molecule has 0 saturated carbocycles. The first-order valence-electron chi connectivity index (χ1n) is 6.05. The zero-order valence-electron chi connectivity index (χ0n) is 10.5. The first kappa shape index (κ1) is 13.7. The van der Waals surface area contributed by atoms with E-state index in [0.717, 1.165) is 6.42 Å². The number of aromatic hydroxyl groups is 1. The molecule has 0 aliphatic carbocycles. The van der Waals surface area contributed by atoms with Crippen LogP contribution >= 0.6 is 11.6 Å². The highest BCUT2D eigenvalue weighted by Crippen LogP contribution is 2.26. The predicted molar refractivity (Wildman–Crippen MR) is 71.2 cm³/mol. The standard InChI is InChI=1S/C13H15ClN2O3/c1-15-12(18)11-3-2-6-16(11)13(19)9-7-8(17)4-5-10(9)14/h4-5,7,11,17H,2-3,6H2,1H3,(H,15,18). The fourth-order valence-corrected chi connectivity index (χ4v) is 2.48. The molecule has 1 aromatic rings. The molecule has 0 radical (unpaired) electrons. The van der Waals surface area contributed by atoms with Crippen molar-refractivity contribution in [2.24, 2.45) is 0 Å². The molecule has 1 fully saturated rings. The fourth-order valence-electron chi connectivity index (χ4n) is 2.28. The lowest BCUT2D eigenvalue weighted by Gasteiger charge is -2.23. The average molecular weight is 283 g/mol. The number of phenolic OH excluding ortho intramolecular Hbond substituents is 1. The predicted octanol–water partition coefficient (Wildman–Crippen LogP) is 1.40. The Labute approximate surface area is 116 Å². The molecule has 1 aromatic carbocycles. The molecule has 1 aliphatic rings. The highest BCUT2D eigenvalue weighted by molar-refractivity contribution is 6.34. The molecule has 1 aliphatic heterocycles. The van der Waals surface area contributed by atoms with Crippen molar-refractivity contribution >= 4 is 23.4 Å². The van der Waals surface area contributed by atoms with E-state index in [-0.39, 0.29) is 28.1 Å². The van der Waals surface area contributed by atoms with Crippen molar-refractivity contribution in [1.29, 1.82) is 0 Å². The lowest BCUT2D eigenvalue weighted by Crippen LogP contribution is -2.44. The van der Waals surface area contributed by atoms with Crippen molar-refractivity contribution in [1.82, 2.24) is 10.2 Å². The number of hydrogen-bond acceptors (Lipinski definition) is 3. The number of hydrogen-bond donors (Lipinski definition) is 2. The van der Waals surface area contributed by atoms with Crippen LogP contribution in [0, 0.1) is 0 Å². The van der Waals surface area contributed by atoms with Gasteiger partial charge in [-0.3, -0.25) is 9.59 Å². The second-order valence-electron chi connectivity index (χ2n) is 4.43. The Hall–Kier alpha value is -1.75. The van der Waals surface area contributed by atoms with Gasteiger partial charge in [0.05, 0.1) is 10.6 Å². The van der Waals surface area contributed by atoms with Crippen molar-refractivity contribution in [3.63, 3.8) is 0 Å². The summed E-state index contributed by atoms with van der Waals surface area (Å²) >= 11 is 5.97. The topological polar surface area (TPSA) is 69.6 Å². The molecule has 5 nitrogen and oxygen atoms in total. The lowest BCUT2D eigenvalue weighted by molar-refractivity contribution is -0.124. The third kappa shape index (κ3) is 2.66. The third-order valence-electron chi connectivity index (χ3n) is 3.24. The summed E-state index contributed by atoms with van der Waals surface area (Å²) in [5.41, 5.74) is 0.220. The normalized spacial score (nSPS) is 18.4. The van der Waals surface area contributed by atoms with Crippen LogP contribution in [-0.4, -0.2) is 41.5 Å². The van der Waals surface area contributed by atoms with Gasteiger partial charge in [0, 0.05) is 13.6 Å². The summed E-state index contributed by atoms with van der Waals surface area (Å²) in [7, 11) is 1.55. The first-order chi connectivity index (χ1) is 9.04. The molecule has 1 saturated heterocycles. The Morgan fingerprint density at radius 3 is 2.89 bits per heavy atom. The summed E-state index contributed by atoms with van der Waals surface area (Å²) in [5.74, 6) is -0.530. The number of phenols is 1. The van der Waals surface area contributed by atoms with Gasteiger partial charge in [0.1, 0.15) is 11.8 Å². The molecule has 19 heavy (non-hydrogen) atoms. The summed E-state index contributed by atoms with van der Waals surface area (Å²) in [6.07, 6.45) is 1.42. The largest absolute Gasteiger partial charge is 0.508 e. The van der Waals surface area contributed by atoms with Gasteiger partial charge in [0.2, 0.25) is 5.91 Å². The van der Waals surface area contributed by atoms with Crippen LogP contribution in [0.2, 0.25) is 5.02 Å². The van der Waals surface area contributed by atoms with E-state index in [1.807, 2.05) is 0 Å². The van der Waals surface area contributed by atoms with Crippen LogP contribution in [0.25, 0.3) is 0 Å². The van der Waals surface area contributed by atoms with Gasteiger partial charge in [0.15, 0.2) is 0 Å². The summed E-state index contributed by atoms with van der Waals surface area (Å²) in [4.78, 5) is 25.6. The number of carbonyl (C=O) groups is 2. The minimum Gasteiger partial charge on any atom is -0.508 e. The number of rotatable bonds is 2. The van der Waals surface area contributed by atoms with Crippen LogP contribution in [0.15, 0.2) is 18.2 Å². The van der Waals surface area contributed by atoms with Crippen molar-refractivity contribution < 1.29 is 14.7 Å². The zero-order valence-corrected chi connectivity index (χ0v) is 11.3. The Balaban J connectivity index is 2.28. The van der Waals surface area contributed by atoms with E-state index in [4.69, 9.17) is 11.6 Å². The minimum atomic E-state index is -0.462. The molecule has 1 atom stereocenters. The van der Waals surface area contributed by atoms with Crippen molar-refractivity contribution in [2.75, 3.05) is 13.6 Å². The summed E-state index contributed by atoms with van der Waals surface area (Å²) in [6.45, 7) is 0.517. The van der Waals surface area contributed by atoms with Gasteiger partial charge >= 0.3 is 0 Å². The van der Waals surface area contributed by atoms with Crippen LogP contribution in [0.5, 0.6) is 5.75 Å². The highest BCUT2D eigenvalue weighted by atomic mass is 35.5. The molecular formula is C13H15ClN2O3. The molecule has 102 valence electrons. The van der Waals surface area contributed by atoms with Crippen LogP contribution < -0.4 is 5.32 Å². The fraction of sp³-hybridized carbons (Fsp3) is 0.385. The maximum absolute atomic E-state index is 12.4. The van der Waals surface area contributed by atoms with Crippen LogP contribution in [0.3, 0.4) is 0 Å². The molecule has 6 heteroatoms. The van der Waals surface area contributed by atoms with Crippen molar-refractivity contribution in [3.8, 4) is 5.75 Å². The molecular weight excluding hydrogens is 268 g/mol. The van der Waals surface area contributed by atoms with E-state index in [9.17, 15) is 14.7 Å². The van der Waals surface area contributed by atoms with E-state index in [1.165, 1.54) is 23.1 Å². The minimum absolute atomic E-state index is 0.0246. The van der Waals surface area contributed by atoms with E-state index < -0.39 is 6.04 Å². The number of amides is 2. The second kappa shape index (κ2) is 5.48. The molecule has 0 aromatic heterocycles. The number of nitrogens with zero attached hydrogens (tertiary/aromatic N) is 1. The number of halogens is 1. The molecule has 0 bridgehead atoms. The quantitative estimate of drug-likeness (QED) is 0.861. The number of likely N-dealkylation sites (N-methyl/N-ethyl adjacent to an activating group) is 1. The van der Waals surface area contributed by atoms with Crippen molar-refractivity contribution in [2.45, 2.75) is 18.9 Å². The van der Waals surface area contributed by atoms with E-state index in [2.05, 4.69) is 5.32 Å². The zero-order chi connectivity index (χ0) is 14.0. The molecule has 1 unspecified atom stereocenters. The summed E-state index contributed by atoms with van der Waals surface area (Å²) in [6, 6.07) is 3.74. The van der Waals surface area contributed by atoms with E-state index in [0.29, 0.717) is 13.0 Å². The average Bonchev–Trinajstić information content (AvgIpc) is 2.89. The Kier molecular flexibility index (Phi) is 3.95. The number of benzene rings is 1. The Bertz CT molecular complexity index is 519. The molecule has 2 amide bonds. The number of likely N-dealkylation sites (tertiary alicyclic amines) is 1. The first-order valence-corrected chi connectivity index (χ1v) is 6.43.